The second kappa shape index (κ2) is 10.4. The van der Waals surface area contributed by atoms with Crippen LogP contribution in [0.5, 0.6) is 5.75 Å². The molecule has 7 nitrogen and oxygen atoms in total. The summed E-state index contributed by atoms with van der Waals surface area (Å²) in [7, 11) is 0. The second-order valence-corrected chi connectivity index (χ2v) is 6.62. The Morgan fingerprint density at radius 1 is 1.08 bits per heavy atom. The van der Waals surface area contributed by atoms with Crippen LogP contribution in [0.2, 0.25) is 0 Å². The monoisotopic (exact) mass is 363 g/mol. The van der Waals surface area contributed by atoms with Crippen molar-refractivity contribution in [1.29, 1.82) is 0 Å². The highest BCUT2D eigenvalue weighted by Crippen LogP contribution is 2.19. The number of unbranched alkanes of at least 4 members (excludes halogenated alkanes) is 2. The minimum Gasteiger partial charge on any atom is -0.456 e. The molecule has 0 atom stereocenters. The van der Waals surface area contributed by atoms with Crippen LogP contribution in [0.1, 0.15) is 63.2 Å². The number of benzene rings is 1. The van der Waals surface area contributed by atoms with E-state index in [0.717, 1.165) is 19.3 Å². The van der Waals surface area contributed by atoms with Crippen molar-refractivity contribution in [3.8, 4) is 5.75 Å². The summed E-state index contributed by atoms with van der Waals surface area (Å²) >= 11 is 0. The molecule has 0 aliphatic rings. The molecule has 0 unspecified atom stereocenters. The third-order valence-corrected chi connectivity index (χ3v) is 3.88. The summed E-state index contributed by atoms with van der Waals surface area (Å²) in [5, 5.41) is 0. The van der Waals surface area contributed by atoms with Gasteiger partial charge in [0.1, 0.15) is 11.4 Å². The van der Waals surface area contributed by atoms with Gasteiger partial charge in [0.05, 0.1) is 5.56 Å². The summed E-state index contributed by atoms with van der Waals surface area (Å²) in [6, 6.07) is 6.36. The van der Waals surface area contributed by atoms with Gasteiger partial charge in [-0.15, -0.1) is 0 Å². The molecule has 7 heteroatoms. The molecule has 0 radical (unpaired) electrons. The van der Waals surface area contributed by atoms with E-state index in [1.807, 2.05) is 20.8 Å². The summed E-state index contributed by atoms with van der Waals surface area (Å²) in [5.41, 5.74) is 10.4. The van der Waals surface area contributed by atoms with Gasteiger partial charge in [0, 0.05) is 13.0 Å². The summed E-state index contributed by atoms with van der Waals surface area (Å²) < 4.78 is 10.7. The van der Waals surface area contributed by atoms with E-state index in [9.17, 15) is 9.59 Å². The highest BCUT2D eigenvalue weighted by molar-refractivity contribution is 5.89. The van der Waals surface area contributed by atoms with E-state index >= 15 is 0 Å². The number of aliphatic imine (C=N–C) groups is 1. The van der Waals surface area contributed by atoms with Gasteiger partial charge in [-0.05, 0) is 57.4 Å². The number of carbonyl (C=O) groups excluding carboxylic acids is 2. The van der Waals surface area contributed by atoms with Gasteiger partial charge in [-0.25, -0.2) is 4.79 Å². The predicted molar refractivity (Wildman–Crippen MR) is 101 cm³/mol. The number of carbonyl (C=O) groups is 2. The fourth-order valence-electron chi connectivity index (χ4n) is 1.99. The number of hydrogen-bond acceptors (Lipinski definition) is 5. The van der Waals surface area contributed by atoms with E-state index < -0.39 is 11.6 Å². The lowest BCUT2D eigenvalue weighted by molar-refractivity contribution is -0.134. The lowest BCUT2D eigenvalue weighted by atomic mass is 10.1. The number of rotatable bonds is 10. The highest BCUT2D eigenvalue weighted by Gasteiger charge is 2.21. The Morgan fingerprint density at radius 3 is 2.31 bits per heavy atom. The third kappa shape index (κ3) is 8.50. The quantitative estimate of drug-likeness (QED) is 0.217. The van der Waals surface area contributed by atoms with Crippen molar-refractivity contribution >= 4 is 17.9 Å². The van der Waals surface area contributed by atoms with Crippen LogP contribution in [0.15, 0.2) is 29.3 Å². The molecule has 0 aromatic heterocycles. The molecule has 0 amide bonds. The molecule has 1 aromatic carbocycles. The molecule has 1 rings (SSSR count). The van der Waals surface area contributed by atoms with Crippen molar-refractivity contribution in [1.82, 2.24) is 0 Å². The van der Waals surface area contributed by atoms with Crippen molar-refractivity contribution in [2.45, 2.75) is 58.5 Å². The topological polar surface area (TPSA) is 117 Å². The van der Waals surface area contributed by atoms with E-state index in [0.29, 0.717) is 30.7 Å². The molecule has 0 bridgehead atoms. The van der Waals surface area contributed by atoms with Crippen LogP contribution in [0, 0.1) is 0 Å². The zero-order valence-corrected chi connectivity index (χ0v) is 15.8. The first-order valence-corrected chi connectivity index (χ1v) is 8.83. The molecule has 1 aromatic rings. The molecule has 26 heavy (non-hydrogen) atoms. The Bertz CT molecular complexity index is 620. The lowest BCUT2D eigenvalue weighted by Gasteiger charge is -2.23. The van der Waals surface area contributed by atoms with Crippen molar-refractivity contribution in [3.05, 3.63) is 29.8 Å². The number of guanidine groups is 1. The van der Waals surface area contributed by atoms with Crippen molar-refractivity contribution in [2.75, 3.05) is 6.54 Å². The summed E-state index contributed by atoms with van der Waals surface area (Å²) in [6.07, 6.45) is 3.39. The molecule has 0 fully saturated rings. The standard InChI is InChI=1S/C19H29N3O4/c1-4-19(2,3)26-17(24)14-9-11-15(12-10-14)25-16(23)8-6-5-7-13-22-18(20)21/h9-12H,4-8,13H2,1-3H3,(H4,20,21,22). The molecule has 0 aliphatic heterocycles. The predicted octanol–water partition coefficient (Wildman–Crippen LogP) is 2.77. The first-order valence-electron chi connectivity index (χ1n) is 8.83. The molecule has 0 spiro atoms. The Labute approximate surface area is 154 Å². The largest absolute Gasteiger partial charge is 0.456 e. The van der Waals surface area contributed by atoms with Crippen molar-refractivity contribution < 1.29 is 19.1 Å². The fraction of sp³-hybridized carbons (Fsp3) is 0.526. The first kappa shape index (κ1) is 21.5. The van der Waals surface area contributed by atoms with Crippen LogP contribution in [0.4, 0.5) is 0 Å². The maximum Gasteiger partial charge on any atom is 0.338 e. The van der Waals surface area contributed by atoms with Gasteiger partial charge in [-0.1, -0.05) is 13.3 Å². The minimum atomic E-state index is -0.511. The number of esters is 2. The minimum absolute atomic E-state index is 0.0787. The van der Waals surface area contributed by atoms with Gasteiger partial charge in [0.2, 0.25) is 0 Å². The first-order chi connectivity index (χ1) is 12.2. The average Bonchev–Trinajstić information content (AvgIpc) is 2.58. The number of ether oxygens (including phenoxy) is 2. The van der Waals surface area contributed by atoms with Gasteiger partial charge in [0.25, 0.3) is 0 Å². The summed E-state index contributed by atoms with van der Waals surface area (Å²) in [5.74, 6) is -0.221. The van der Waals surface area contributed by atoms with Gasteiger partial charge in [-0.3, -0.25) is 9.79 Å². The second-order valence-electron chi connectivity index (χ2n) is 6.62. The van der Waals surface area contributed by atoms with Crippen LogP contribution in [0.25, 0.3) is 0 Å². The Morgan fingerprint density at radius 2 is 1.73 bits per heavy atom. The van der Waals surface area contributed by atoms with Crippen LogP contribution in [-0.4, -0.2) is 30.0 Å². The molecule has 0 aliphatic carbocycles. The summed E-state index contributed by atoms with van der Waals surface area (Å²) in [6.45, 7) is 6.23. The van der Waals surface area contributed by atoms with Gasteiger partial charge in [-0.2, -0.15) is 0 Å². The Balaban J connectivity index is 2.38. The number of hydrogen-bond donors (Lipinski definition) is 2. The third-order valence-electron chi connectivity index (χ3n) is 3.88. The molecule has 0 saturated carbocycles. The normalized spacial score (nSPS) is 10.9. The average molecular weight is 363 g/mol. The smallest absolute Gasteiger partial charge is 0.338 e. The van der Waals surface area contributed by atoms with Crippen LogP contribution in [0.3, 0.4) is 0 Å². The molecule has 4 N–H and O–H groups in total. The maximum absolute atomic E-state index is 12.1. The zero-order chi connectivity index (χ0) is 19.6. The van der Waals surface area contributed by atoms with E-state index in [1.165, 1.54) is 0 Å². The highest BCUT2D eigenvalue weighted by atomic mass is 16.6. The van der Waals surface area contributed by atoms with Crippen LogP contribution >= 0.6 is 0 Å². The summed E-state index contributed by atoms with van der Waals surface area (Å²) in [4.78, 5) is 27.8. The lowest BCUT2D eigenvalue weighted by Crippen LogP contribution is -2.27. The fourth-order valence-corrected chi connectivity index (χ4v) is 1.99. The van der Waals surface area contributed by atoms with Crippen molar-refractivity contribution in [2.24, 2.45) is 16.5 Å². The molecule has 144 valence electrons. The number of nitrogens with zero attached hydrogens (tertiary/aromatic N) is 1. The van der Waals surface area contributed by atoms with E-state index in [4.69, 9.17) is 20.9 Å². The van der Waals surface area contributed by atoms with Crippen LogP contribution in [-0.2, 0) is 9.53 Å². The van der Waals surface area contributed by atoms with Gasteiger partial charge in [0.15, 0.2) is 5.96 Å². The van der Waals surface area contributed by atoms with E-state index in [-0.39, 0.29) is 11.9 Å². The van der Waals surface area contributed by atoms with Crippen molar-refractivity contribution in [3.63, 3.8) is 0 Å². The van der Waals surface area contributed by atoms with Crippen LogP contribution < -0.4 is 16.2 Å². The molecule has 0 heterocycles. The Hall–Kier alpha value is -2.57. The Kier molecular flexibility index (Phi) is 8.61. The van der Waals surface area contributed by atoms with Gasteiger partial charge >= 0.3 is 11.9 Å². The van der Waals surface area contributed by atoms with E-state index in [1.54, 1.807) is 24.3 Å². The SMILES string of the molecule is CCC(C)(C)OC(=O)c1ccc(OC(=O)CCCCCN=C(N)N)cc1. The van der Waals surface area contributed by atoms with E-state index in [2.05, 4.69) is 4.99 Å². The van der Waals surface area contributed by atoms with Gasteiger partial charge < -0.3 is 20.9 Å². The zero-order valence-electron chi connectivity index (χ0n) is 15.8. The molecule has 0 saturated heterocycles. The molecular formula is C19H29N3O4. The molecular weight excluding hydrogens is 334 g/mol. The maximum atomic E-state index is 12.1. The number of nitrogens with two attached hydrogens (primary N) is 2.